The molecule has 0 radical (unpaired) electrons. The number of rotatable bonds is 4. The third kappa shape index (κ3) is 3.71. The number of oxime groups is 1. The summed E-state index contributed by atoms with van der Waals surface area (Å²) in [5.74, 6) is 0.775. The van der Waals surface area contributed by atoms with E-state index in [1.807, 2.05) is 0 Å². The van der Waals surface area contributed by atoms with Crippen molar-refractivity contribution >= 4 is 17.6 Å². The minimum absolute atomic E-state index is 0.107. The maximum absolute atomic E-state index is 12.4. The van der Waals surface area contributed by atoms with Crippen LogP contribution in [0.5, 0.6) is 0 Å². The predicted octanol–water partition coefficient (Wildman–Crippen LogP) is 3.76. The quantitative estimate of drug-likeness (QED) is 0.625. The first-order chi connectivity index (χ1) is 15.7. The lowest BCUT2D eigenvalue weighted by Crippen LogP contribution is -2.51. The van der Waals surface area contributed by atoms with Gasteiger partial charge in [0.05, 0.1) is 11.8 Å². The minimum atomic E-state index is -0.950. The van der Waals surface area contributed by atoms with Crippen LogP contribution in [0, 0.1) is 28.6 Å². The molecular weight excluding hydrogens is 420 g/mol. The fraction of sp³-hybridized carbons (Fsp3) is 0.808. The Bertz CT molecular complexity index is 884. The van der Waals surface area contributed by atoms with Crippen molar-refractivity contribution in [2.45, 2.75) is 90.2 Å². The van der Waals surface area contributed by atoms with Crippen molar-refractivity contribution in [2.75, 3.05) is 13.2 Å². The second kappa shape index (κ2) is 8.40. The monoisotopic (exact) mass is 458 g/mol. The zero-order valence-electron chi connectivity index (χ0n) is 20.0. The van der Waals surface area contributed by atoms with Gasteiger partial charge in [-0.15, -0.1) is 0 Å². The van der Waals surface area contributed by atoms with E-state index in [4.69, 9.17) is 4.84 Å². The number of carbonyl (C=O) groups is 2. The number of carbonyl (C=O) groups excluding carboxylic acids is 1. The van der Waals surface area contributed by atoms with Crippen LogP contribution in [-0.2, 0) is 14.4 Å². The van der Waals surface area contributed by atoms with Crippen molar-refractivity contribution in [2.24, 2.45) is 33.7 Å². The average molecular weight is 459 g/mol. The molecule has 0 aromatic rings. The molecule has 0 bridgehead atoms. The van der Waals surface area contributed by atoms with Crippen molar-refractivity contribution < 1.29 is 24.6 Å². The Morgan fingerprint density at radius 1 is 1.12 bits per heavy atom. The first-order valence-electron chi connectivity index (χ1n) is 12.8. The number of likely N-dealkylation sites (tertiary alicyclic amines) is 1. The number of fused-ring (bicyclic) bond motifs is 5. The Morgan fingerprint density at radius 3 is 2.73 bits per heavy atom. The molecule has 4 aliphatic carbocycles. The van der Waals surface area contributed by atoms with E-state index in [1.165, 1.54) is 29.7 Å². The zero-order chi connectivity index (χ0) is 23.4. The predicted molar refractivity (Wildman–Crippen MR) is 123 cm³/mol. The topological polar surface area (TPSA) is 99.4 Å². The number of amides is 1. The van der Waals surface area contributed by atoms with Gasteiger partial charge in [-0.1, -0.05) is 24.6 Å². The van der Waals surface area contributed by atoms with Crippen molar-refractivity contribution in [3.63, 3.8) is 0 Å². The number of allylic oxidation sites excluding steroid dienone is 2. The molecule has 4 fully saturated rings. The van der Waals surface area contributed by atoms with E-state index in [0.717, 1.165) is 37.8 Å². The van der Waals surface area contributed by atoms with Crippen molar-refractivity contribution in [1.29, 1.82) is 0 Å². The Balaban J connectivity index is 1.24. The van der Waals surface area contributed by atoms with Crippen LogP contribution >= 0.6 is 0 Å². The van der Waals surface area contributed by atoms with Crippen molar-refractivity contribution in [3.05, 3.63) is 11.6 Å². The smallest absolute Gasteiger partial charge is 0.326 e. The summed E-state index contributed by atoms with van der Waals surface area (Å²) in [7, 11) is 0. The second-order valence-electron chi connectivity index (χ2n) is 11.6. The molecule has 3 saturated carbocycles. The minimum Gasteiger partial charge on any atom is -0.480 e. The SMILES string of the molecule is C[C@]12CC[C@H]3[C@@H](CCC4=C/C(=N/OCC(=O)N5CCC[C@@H]5C(=O)O)CC[C@@]43C)[C@@H]1CC[C@H]2O. The zero-order valence-corrected chi connectivity index (χ0v) is 20.0. The summed E-state index contributed by atoms with van der Waals surface area (Å²) >= 11 is 0. The number of aliphatic hydroxyl groups excluding tert-OH is 1. The van der Waals surface area contributed by atoms with Crippen LogP contribution < -0.4 is 0 Å². The van der Waals surface area contributed by atoms with Gasteiger partial charge in [0.15, 0.2) is 6.61 Å². The van der Waals surface area contributed by atoms with Gasteiger partial charge in [0, 0.05) is 6.54 Å². The summed E-state index contributed by atoms with van der Waals surface area (Å²) in [5, 5.41) is 24.2. The molecule has 7 nitrogen and oxygen atoms in total. The maximum atomic E-state index is 12.4. The first kappa shape index (κ1) is 22.9. The highest BCUT2D eigenvalue weighted by Gasteiger charge is 2.58. The van der Waals surface area contributed by atoms with Gasteiger partial charge in [0.25, 0.3) is 5.91 Å². The summed E-state index contributed by atoms with van der Waals surface area (Å²) in [4.78, 5) is 30.5. The van der Waals surface area contributed by atoms with Gasteiger partial charge in [-0.05, 0) is 98.9 Å². The Kier molecular flexibility index (Phi) is 5.82. The first-order valence-corrected chi connectivity index (χ1v) is 12.8. The fourth-order valence-corrected chi connectivity index (χ4v) is 8.19. The van der Waals surface area contributed by atoms with Gasteiger partial charge in [-0.25, -0.2) is 4.79 Å². The van der Waals surface area contributed by atoms with Crippen molar-refractivity contribution in [1.82, 2.24) is 4.90 Å². The normalized spacial score (nSPS) is 43.5. The molecule has 1 aliphatic heterocycles. The number of hydrogen-bond donors (Lipinski definition) is 2. The molecule has 0 aromatic carbocycles. The summed E-state index contributed by atoms with van der Waals surface area (Å²) in [6.07, 6.45) is 11.9. The standard InChI is InChI=1S/C26H38N2O5/c1-25-11-9-17(27-33-15-23(30)28-13-3-4-21(28)24(31)32)14-16(25)5-6-18-19-7-8-22(29)26(19,2)12-10-20(18)25/h14,18-22,29H,3-13,15H2,1-2H3,(H,31,32)/b27-17+/t18-,19-,20-,21+,22+,25-,26-/m0/s1. The van der Waals surface area contributed by atoms with Gasteiger partial charge in [-0.3, -0.25) is 4.79 Å². The van der Waals surface area contributed by atoms with Crippen LogP contribution in [0.15, 0.2) is 16.8 Å². The van der Waals surface area contributed by atoms with Gasteiger partial charge < -0.3 is 20.0 Å². The maximum Gasteiger partial charge on any atom is 0.326 e. The molecule has 0 unspecified atom stereocenters. The van der Waals surface area contributed by atoms with Crippen LogP contribution in [0.1, 0.15) is 78.1 Å². The third-order valence-corrected chi connectivity index (χ3v) is 10.2. The lowest BCUT2D eigenvalue weighted by Gasteiger charge is -2.57. The summed E-state index contributed by atoms with van der Waals surface area (Å²) in [6.45, 7) is 5.02. The highest BCUT2D eigenvalue weighted by Crippen LogP contribution is 2.65. The molecule has 1 saturated heterocycles. The van der Waals surface area contributed by atoms with E-state index < -0.39 is 12.0 Å². The Labute approximate surface area is 196 Å². The molecule has 5 rings (SSSR count). The lowest BCUT2D eigenvalue weighted by molar-refractivity contribution is -0.150. The van der Waals surface area contributed by atoms with Gasteiger partial charge in [0.2, 0.25) is 0 Å². The molecule has 5 aliphatic rings. The molecule has 0 spiro atoms. The van der Waals surface area contributed by atoms with Gasteiger partial charge in [-0.2, -0.15) is 0 Å². The molecule has 7 atom stereocenters. The highest BCUT2D eigenvalue weighted by atomic mass is 16.6. The van der Waals surface area contributed by atoms with E-state index in [1.54, 1.807) is 0 Å². The molecule has 2 N–H and O–H groups in total. The third-order valence-electron chi connectivity index (χ3n) is 10.2. The average Bonchev–Trinajstić information content (AvgIpc) is 3.39. The Morgan fingerprint density at radius 2 is 1.94 bits per heavy atom. The molecule has 1 heterocycles. The van der Waals surface area contributed by atoms with Crippen LogP contribution in [0.3, 0.4) is 0 Å². The van der Waals surface area contributed by atoms with Crippen LogP contribution in [0.4, 0.5) is 0 Å². The van der Waals surface area contributed by atoms with Gasteiger partial charge >= 0.3 is 5.97 Å². The molecule has 33 heavy (non-hydrogen) atoms. The number of carboxylic acid groups (broad SMARTS) is 1. The number of aliphatic carboxylic acids is 1. The van der Waals surface area contributed by atoms with Crippen LogP contribution in [0.25, 0.3) is 0 Å². The molecule has 0 aromatic heterocycles. The van der Waals surface area contributed by atoms with Crippen molar-refractivity contribution in [3.8, 4) is 0 Å². The molecule has 7 heteroatoms. The van der Waals surface area contributed by atoms with Crippen LogP contribution in [0.2, 0.25) is 0 Å². The molecular formula is C26H38N2O5. The fourth-order valence-electron chi connectivity index (χ4n) is 8.19. The summed E-state index contributed by atoms with van der Waals surface area (Å²) in [5.41, 5.74) is 2.66. The van der Waals surface area contributed by atoms with Gasteiger partial charge in [0.1, 0.15) is 6.04 Å². The van der Waals surface area contributed by atoms with E-state index in [0.29, 0.717) is 37.1 Å². The van der Waals surface area contributed by atoms with E-state index >= 15 is 0 Å². The van der Waals surface area contributed by atoms with E-state index in [-0.39, 0.29) is 29.4 Å². The Hall–Kier alpha value is -1.89. The largest absolute Gasteiger partial charge is 0.480 e. The van der Waals surface area contributed by atoms with E-state index in [9.17, 15) is 19.8 Å². The number of nitrogens with zero attached hydrogens (tertiary/aromatic N) is 2. The van der Waals surface area contributed by atoms with Crippen LogP contribution in [-0.4, -0.2) is 58.0 Å². The summed E-state index contributed by atoms with van der Waals surface area (Å²) in [6, 6.07) is -0.736. The molecule has 182 valence electrons. The lowest BCUT2D eigenvalue weighted by atomic mass is 9.47. The van der Waals surface area contributed by atoms with E-state index in [2.05, 4.69) is 25.1 Å². The highest BCUT2D eigenvalue weighted by molar-refractivity contribution is 5.96. The summed E-state index contributed by atoms with van der Waals surface area (Å²) < 4.78 is 0. The number of aliphatic hydroxyl groups is 1. The second-order valence-corrected chi connectivity index (χ2v) is 11.6. The number of hydrogen-bond acceptors (Lipinski definition) is 5. The number of carboxylic acids is 1. The molecule has 1 amide bonds.